The molecule has 0 aliphatic carbocycles. The lowest BCUT2D eigenvalue weighted by atomic mass is 10.1. The molecule has 0 aromatic rings. The lowest BCUT2D eigenvalue weighted by Crippen LogP contribution is -1.93. The quantitative estimate of drug-likeness (QED) is 0.429. The van der Waals surface area contributed by atoms with E-state index in [1.807, 2.05) is 0 Å². The summed E-state index contributed by atoms with van der Waals surface area (Å²) in [5.41, 5.74) is 0. The Morgan fingerprint density at radius 1 is 0.765 bits per heavy atom. The zero-order valence-corrected chi connectivity index (χ0v) is 10.8. The molecule has 0 saturated carbocycles. The Hall–Kier alpha value is 0.00247. The largest absolute Gasteiger partial charge is 0.481 e. The normalized spacial score (nSPS) is 9.94. The highest BCUT2D eigenvalue weighted by molar-refractivity contribution is 5.75. The Morgan fingerprint density at radius 3 is 1.47 bits per heavy atom. The number of carboxylic acid groups (broad SMARTS) is 1. The van der Waals surface area contributed by atoms with Crippen LogP contribution in [-0.4, -0.2) is 28.4 Å². The van der Waals surface area contributed by atoms with Gasteiger partial charge in [-0.05, 0) is 6.42 Å². The molecular weight excluding hydrogens is 227 g/mol. The van der Waals surface area contributed by atoms with Crippen LogP contribution in [0.2, 0.25) is 0 Å². The second kappa shape index (κ2) is 16.0. The number of aliphatic carboxylic acids is 1. The van der Waals surface area contributed by atoms with Crippen LogP contribution in [0.4, 0.5) is 0 Å². The van der Waals surface area contributed by atoms with E-state index in [-0.39, 0.29) is 17.4 Å². The van der Waals surface area contributed by atoms with E-state index < -0.39 is 5.97 Å². The topological polar surface area (TPSA) is 37.3 Å². The van der Waals surface area contributed by atoms with Gasteiger partial charge in [0, 0.05) is 6.42 Å². The summed E-state index contributed by atoms with van der Waals surface area (Å²) in [5, 5.41) is 8.46. The van der Waals surface area contributed by atoms with Crippen molar-refractivity contribution in [3.63, 3.8) is 0 Å². The van der Waals surface area contributed by atoms with Gasteiger partial charge in [-0.2, -0.15) is 0 Å². The van der Waals surface area contributed by atoms with Crippen LogP contribution in [0.3, 0.4) is 0 Å². The van der Waals surface area contributed by atoms with Crippen LogP contribution >= 0.6 is 0 Å². The van der Waals surface area contributed by atoms with Gasteiger partial charge in [0.2, 0.25) is 0 Å². The third-order valence-corrected chi connectivity index (χ3v) is 2.99. The molecule has 0 aliphatic heterocycles. The minimum Gasteiger partial charge on any atom is -0.481 e. The van der Waals surface area contributed by atoms with Crippen molar-refractivity contribution in [3.05, 3.63) is 0 Å². The zero-order chi connectivity index (χ0) is 12.1. The molecular formula is C14H31AlO2. The molecule has 102 valence electrons. The fourth-order valence-corrected chi connectivity index (χ4v) is 1.94. The van der Waals surface area contributed by atoms with Crippen LogP contribution in [0.1, 0.15) is 84.0 Å². The Balaban J connectivity index is 0. The molecule has 2 nitrogen and oxygen atoms in total. The van der Waals surface area contributed by atoms with Gasteiger partial charge in [-0.25, -0.2) is 0 Å². The molecule has 0 spiro atoms. The predicted octanol–water partition coefficient (Wildman–Crippen LogP) is 3.59. The van der Waals surface area contributed by atoms with Gasteiger partial charge in [0.1, 0.15) is 0 Å². The van der Waals surface area contributed by atoms with E-state index in [1.165, 1.54) is 57.8 Å². The van der Waals surface area contributed by atoms with E-state index in [1.54, 1.807) is 0 Å². The second-order valence-corrected chi connectivity index (χ2v) is 4.68. The highest BCUT2D eigenvalue weighted by Crippen LogP contribution is 2.11. The van der Waals surface area contributed by atoms with Crippen molar-refractivity contribution < 1.29 is 9.90 Å². The summed E-state index contributed by atoms with van der Waals surface area (Å²) in [6.07, 6.45) is 14.4. The Bertz CT molecular complexity index is 160. The van der Waals surface area contributed by atoms with Crippen molar-refractivity contribution in [2.75, 3.05) is 0 Å². The summed E-state index contributed by atoms with van der Waals surface area (Å²) in [6.45, 7) is 2.25. The first-order chi connectivity index (χ1) is 7.77. The van der Waals surface area contributed by atoms with E-state index in [0.717, 1.165) is 12.8 Å². The maximum absolute atomic E-state index is 10.3. The highest BCUT2D eigenvalue weighted by Gasteiger charge is 1.96. The number of hydrogen-bond donors (Lipinski definition) is 1. The summed E-state index contributed by atoms with van der Waals surface area (Å²) in [5.74, 6) is -0.657. The average Bonchev–Trinajstić information content (AvgIpc) is 2.25. The number of hydrogen-bond acceptors (Lipinski definition) is 1. The molecule has 0 saturated heterocycles. The average molecular weight is 258 g/mol. The Morgan fingerprint density at radius 2 is 1.12 bits per heavy atom. The number of rotatable bonds is 12. The molecule has 0 unspecified atom stereocenters. The van der Waals surface area contributed by atoms with Crippen LogP contribution < -0.4 is 0 Å². The molecule has 0 aromatic heterocycles. The monoisotopic (exact) mass is 258 g/mol. The third kappa shape index (κ3) is 18.6. The van der Waals surface area contributed by atoms with Crippen LogP contribution in [-0.2, 0) is 4.79 Å². The van der Waals surface area contributed by atoms with Gasteiger partial charge < -0.3 is 5.11 Å². The molecule has 17 heavy (non-hydrogen) atoms. The van der Waals surface area contributed by atoms with E-state index in [4.69, 9.17) is 5.11 Å². The van der Waals surface area contributed by atoms with E-state index in [0.29, 0.717) is 6.42 Å². The highest BCUT2D eigenvalue weighted by atomic mass is 27.0. The maximum atomic E-state index is 10.3. The van der Waals surface area contributed by atoms with Crippen molar-refractivity contribution in [1.29, 1.82) is 0 Å². The first kappa shape index (κ1) is 19.3. The smallest absolute Gasteiger partial charge is 0.303 e. The summed E-state index contributed by atoms with van der Waals surface area (Å²) >= 11 is 0. The minimum absolute atomic E-state index is 0. The Labute approximate surface area is 117 Å². The van der Waals surface area contributed by atoms with Gasteiger partial charge in [0.25, 0.3) is 0 Å². The molecule has 0 aromatic carbocycles. The molecule has 3 heteroatoms. The van der Waals surface area contributed by atoms with Crippen LogP contribution in [0.15, 0.2) is 0 Å². The standard InChI is InChI=1S/C14H28O2.Al.3H/c1-2-3-4-5-6-7-8-9-10-11-12-13-14(15)16;;;;/h2-13H2,1H3,(H,15,16);;;;. The molecule has 0 radical (unpaired) electrons. The molecule has 0 aliphatic rings. The van der Waals surface area contributed by atoms with Gasteiger partial charge >= 0.3 is 5.97 Å². The third-order valence-electron chi connectivity index (χ3n) is 2.99. The molecule has 0 atom stereocenters. The maximum Gasteiger partial charge on any atom is 0.303 e. The van der Waals surface area contributed by atoms with Gasteiger partial charge in [0.05, 0.1) is 0 Å². The molecule has 1 N–H and O–H groups in total. The molecule has 0 fully saturated rings. The van der Waals surface area contributed by atoms with Gasteiger partial charge in [-0.1, -0.05) is 71.1 Å². The number of unbranched alkanes of at least 4 members (excludes halogenated alkanes) is 10. The number of carboxylic acids is 1. The SMILES string of the molecule is CCCCCCCCCCCCCC(=O)O.[AlH3]. The van der Waals surface area contributed by atoms with Crippen molar-refractivity contribution in [3.8, 4) is 0 Å². The summed E-state index contributed by atoms with van der Waals surface area (Å²) in [4.78, 5) is 10.3. The minimum atomic E-state index is -0.657. The molecule has 0 rings (SSSR count). The fourth-order valence-electron chi connectivity index (χ4n) is 1.94. The molecule has 0 bridgehead atoms. The van der Waals surface area contributed by atoms with Crippen molar-refractivity contribution in [1.82, 2.24) is 0 Å². The van der Waals surface area contributed by atoms with Crippen LogP contribution in [0.25, 0.3) is 0 Å². The zero-order valence-electron chi connectivity index (χ0n) is 10.8. The van der Waals surface area contributed by atoms with Crippen molar-refractivity contribution in [2.24, 2.45) is 0 Å². The second-order valence-electron chi connectivity index (χ2n) is 4.68. The molecule has 0 heterocycles. The van der Waals surface area contributed by atoms with Gasteiger partial charge in [-0.3, -0.25) is 4.79 Å². The van der Waals surface area contributed by atoms with Crippen LogP contribution in [0, 0.1) is 0 Å². The van der Waals surface area contributed by atoms with E-state index in [9.17, 15) is 4.79 Å². The fraction of sp³-hybridized carbons (Fsp3) is 0.929. The summed E-state index contributed by atoms with van der Waals surface area (Å²) in [6, 6.07) is 0. The molecule has 0 amide bonds. The number of carbonyl (C=O) groups is 1. The summed E-state index contributed by atoms with van der Waals surface area (Å²) < 4.78 is 0. The van der Waals surface area contributed by atoms with Gasteiger partial charge in [-0.15, -0.1) is 0 Å². The van der Waals surface area contributed by atoms with Crippen LogP contribution in [0.5, 0.6) is 0 Å². The predicted molar refractivity (Wildman–Crippen MR) is 78.7 cm³/mol. The lowest BCUT2D eigenvalue weighted by molar-refractivity contribution is -0.137. The first-order valence-electron chi connectivity index (χ1n) is 6.99. The summed E-state index contributed by atoms with van der Waals surface area (Å²) in [7, 11) is 0. The van der Waals surface area contributed by atoms with Crippen molar-refractivity contribution in [2.45, 2.75) is 84.0 Å². The van der Waals surface area contributed by atoms with E-state index >= 15 is 0 Å². The van der Waals surface area contributed by atoms with E-state index in [2.05, 4.69) is 6.92 Å². The van der Waals surface area contributed by atoms with Crippen molar-refractivity contribution >= 4 is 23.3 Å². The Kier molecular flexibility index (Phi) is 18.2. The first-order valence-corrected chi connectivity index (χ1v) is 6.99. The lowest BCUT2D eigenvalue weighted by Gasteiger charge is -2.01. The van der Waals surface area contributed by atoms with Gasteiger partial charge in [0.15, 0.2) is 17.4 Å².